The Morgan fingerprint density at radius 1 is 1.24 bits per heavy atom. The lowest BCUT2D eigenvalue weighted by Crippen LogP contribution is -2.68. The smallest absolute Gasteiger partial charge is 0.322 e. The molecule has 3 aromatic rings. The predicted octanol–water partition coefficient (Wildman–Crippen LogP) is 2.41. The van der Waals surface area contributed by atoms with Gasteiger partial charge in [0.1, 0.15) is 11.6 Å². The van der Waals surface area contributed by atoms with Crippen molar-refractivity contribution < 1.29 is 27.4 Å². The van der Waals surface area contributed by atoms with Crippen LogP contribution in [0.2, 0.25) is 0 Å². The number of hydrogen-bond donors (Lipinski definition) is 3. The summed E-state index contributed by atoms with van der Waals surface area (Å²) in [4.78, 5) is 18.2. The van der Waals surface area contributed by atoms with Crippen molar-refractivity contribution in [3.05, 3.63) is 59.5 Å². The molecule has 1 saturated heterocycles. The molecule has 3 heterocycles. The number of amides is 2. The van der Waals surface area contributed by atoms with E-state index in [1.54, 1.807) is 7.11 Å². The first-order valence-electron chi connectivity index (χ1n) is 10.7. The second-order valence-electron chi connectivity index (χ2n) is 8.90. The number of aliphatic hydroxyl groups excluding tert-OH is 1. The maximum atomic E-state index is 13.3. The van der Waals surface area contributed by atoms with Crippen LogP contribution in [0.25, 0.3) is 10.9 Å². The Morgan fingerprint density at radius 3 is 2.56 bits per heavy atom. The number of methoxy groups -OCH3 is 1. The number of aromatic nitrogens is 1. The molecule has 11 heteroatoms. The van der Waals surface area contributed by atoms with Gasteiger partial charge in [-0.25, -0.2) is 21.9 Å². The summed E-state index contributed by atoms with van der Waals surface area (Å²) in [7, 11) is -1.83. The highest BCUT2D eigenvalue weighted by atomic mass is 32.2. The minimum atomic E-state index is -3.40. The van der Waals surface area contributed by atoms with Crippen LogP contribution in [-0.4, -0.2) is 73.4 Å². The molecule has 9 nitrogen and oxygen atoms in total. The van der Waals surface area contributed by atoms with Gasteiger partial charge < -0.3 is 25.0 Å². The third-order valence-electron chi connectivity index (χ3n) is 6.70. The van der Waals surface area contributed by atoms with Crippen LogP contribution in [0.15, 0.2) is 42.5 Å². The molecule has 2 amide bonds. The van der Waals surface area contributed by atoms with E-state index in [0.29, 0.717) is 17.1 Å². The van der Waals surface area contributed by atoms with Gasteiger partial charge >= 0.3 is 6.03 Å². The molecule has 3 N–H and O–H groups in total. The summed E-state index contributed by atoms with van der Waals surface area (Å²) < 4.78 is 44.4. The summed E-state index contributed by atoms with van der Waals surface area (Å²) in [6.45, 7) is 0.315. The van der Waals surface area contributed by atoms with Gasteiger partial charge in [0.15, 0.2) is 0 Å². The van der Waals surface area contributed by atoms with Crippen molar-refractivity contribution in [1.82, 2.24) is 14.2 Å². The number of aromatic amines is 1. The summed E-state index contributed by atoms with van der Waals surface area (Å²) in [5.74, 6) is 0.231. The van der Waals surface area contributed by atoms with Crippen LogP contribution in [0, 0.1) is 5.82 Å². The number of hydrogen-bond acceptors (Lipinski definition) is 5. The monoisotopic (exact) mass is 488 g/mol. The van der Waals surface area contributed by atoms with Gasteiger partial charge in [-0.2, -0.15) is 0 Å². The maximum absolute atomic E-state index is 13.3. The lowest BCUT2D eigenvalue weighted by atomic mass is 9.70. The lowest BCUT2D eigenvalue weighted by molar-refractivity contribution is 0.0553. The highest BCUT2D eigenvalue weighted by Crippen LogP contribution is 2.49. The van der Waals surface area contributed by atoms with E-state index in [2.05, 4.69) is 10.3 Å². The van der Waals surface area contributed by atoms with E-state index in [4.69, 9.17) is 4.74 Å². The van der Waals surface area contributed by atoms with Crippen LogP contribution in [0.5, 0.6) is 5.75 Å². The largest absolute Gasteiger partial charge is 0.497 e. The van der Waals surface area contributed by atoms with Crippen molar-refractivity contribution in [3.8, 4) is 5.75 Å². The molecule has 0 bridgehead atoms. The SMILES string of the molecule is COc1ccc2c3c([nH]c2c1)[C@H](CO)N(C(=O)Nc1ccc(F)cc1)CC31CN(S(C)(=O)=O)C1. The van der Waals surface area contributed by atoms with Gasteiger partial charge in [-0.15, -0.1) is 0 Å². The fourth-order valence-electron chi connectivity index (χ4n) is 5.07. The van der Waals surface area contributed by atoms with Gasteiger partial charge in [-0.3, -0.25) is 0 Å². The summed E-state index contributed by atoms with van der Waals surface area (Å²) >= 11 is 0. The van der Waals surface area contributed by atoms with Crippen LogP contribution in [0.4, 0.5) is 14.9 Å². The molecule has 0 aliphatic carbocycles. The molecule has 0 unspecified atom stereocenters. The molecule has 1 fully saturated rings. The van der Waals surface area contributed by atoms with E-state index in [-0.39, 0.29) is 26.2 Å². The number of nitrogens with zero attached hydrogens (tertiary/aromatic N) is 2. The number of fused-ring (bicyclic) bond motifs is 4. The Hall–Kier alpha value is -3.15. The molecule has 5 rings (SSSR count). The molecule has 0 radical (unpaired) electrons. The van der Waals surface area contributed by atoms with E-state index in [1.165, 1.54) is 39.7 Å². The number of anilines is 1. The molecule has 1 spiro atoms. The average Bonchev–Trinajstić information content (AvgIpc) is 3.16. The van der Waals surface area contributed by atoms with Crippen molar-refractivity contribution in [1.29, 1.82) is 0 Å². The quantitative estimate of drug-likeness (QED) is 0.522. The van der Waals surface area contributed by atoms with Crippen LogP contribution >= 0.6 is 0 Å². The third kappa shape index (κ3) is 3.60. The van der Waals surface area contributed by atoms with Crippen LogP contribution in [-0.2, 0) is 15.4 Å². The second-order valence-corrected chi connectivity index (χ2v) is 10.9. The molecule has 2 aliphatic rings. The van der Waals surface area contributed by atoms with Gasteiger partial charge in [-0.1, -0.05) is 0 Å². The fraction of sp³-hybridized carbons (Fsp3) is 0.348. The topological polar surface area (TPSA) is 115 Å². The minimum absolute atomic E-state index is 0.212. The van der Waals surface area contributed by atoms with Crippen molar-refractivity contribution in [2.45, 2.75) is 11.5 Å². The molecule has 2 aliphatic heterocycles. The van der Waals surface area contributed by atoms with Gasteiger partial charge in [0, 0.05) is 53.4 Å². The summed E-state index contributed by atoms with van der Waals surface area (Å²) in [6, 6.07) is 9.84. The molecule has 2 aromatic carbocycles. The van der Waals surface area contributed by atoms with Crippen molar-refractivity contribution in [2.75, 3.05) is 44.9 Å². The molecular formula is C23H25FN4O5S. The Kier molecular flexibility index (Phi) is 5.30. The number of nitrogens with one attached hydrogen (secondary N) is 2. The van der Waals surface area contributed by atoms with Crippen LogP contribution in [0.1, 0.15) is 17.3 Å². The zero-order valence-electron chi connectivity index (χ0n) is 18.7. The zero-order chi connectivity index (χ0) is 24.3. The number of H-pyrrole nitrogens is 1. The summed E-state index contributed by atoms with van der Waals surface area (Å²) in [5, 5.41) is 14.0. The predicted molar refractivity (Wildman–Crippen MR) is 125 cm³/mol. The van der Waals surface area contributed by atoms with E-state index in [1.807, 2.05) is 18.2 Å². The number of aliphatic hydroxyl groups is 1. The highest BCUT2D eigenvalue weighted by Gasteiger charge is 2.55. The first kappa shape index (κ1) is 22.6. The third-order valence-corrected chi connectivity index (χ3v) is 7.90. The maximum Gasteiger partial charge on any atom is 0.322 e. The number of benzene rings is 2. The number of carbonyl (C=O) groups excluding carboxylic acids is 1. The van der Waals surface area contributed by atoms with Crippen molar-refractivity contribution in [2.24, 2.45) is 0 Å². The second kappa shape index (κ2) is 7.97. The molecule has 1 atom stereocenters. The number of halogens is 1. The fourth-order valence-corrected chi connectivity index (χ4v) is 6.03. The minimum Gasteiger partial charge on any atom is -0.497 e. The van der Waals surface area contributed by atoms with Gasteiger partial charge in [-0.05, 0) is 42.0 Å². The number of urea groups is 1. The standard InChI is InChI=1S/C23H25FN4O5S/c1-33-16-7-8-17-18(9-16)26-21-19(10-29)28(22(30)25-15-5-3-14(24)4-6-15)13-23(20(17)21)11-27(12-23)34(2,31)32/h3-9,19,26,29H,10-13H2,1-2H3,(H,25,30)/t19-/m0/s1. The highest BCUT2D eigenvalue weighted by molar-refractivity contribution is 7.88. The first-order chi connectivity index (χ1) is 16.1. The Labute approximate surface area is 196 Å². The van der Waals surface area contributed by atoms with Crippen LogP contribution < -0.4 is 10.1 Å². The normalized spacial score (nSPS) is 19.6. The van der Waals surface area contributed by atoms with E-state index in [9.17, 15) is 22.7 Å². The molecule has 180 valence electrons. The molecule has 1 aromatic heterocycles. The number of carbonyl (C=O) groups is 1. The van der Waals surface area contributed by atoms with Crippen molar-refractivity contribution >= 4 is 32.6 Å². The van der Waals surface area contributed by atoms with E-state index in [0.717, 1.165) is 16.5 Å². The first-order valence-corrected chi connectivity index (χ1v) is 12.6. The molecule has 34 heavy (non-hydrogen) atoms. The zero-order valence-corrected chi connectivity index (χ0v) is 19.5. The average molecular weight is 489 g/mol. The van der Waals surface area contributed by atoms with Gasteiger partial charge in [0.05, 0.1) is 26.0 Å². The number of sulfonamides is 1. The van der Waals surface area contributed by atoms with E-state index >= 15 is 0 Å². The van der Waals surface area contributed by atoms with Crippen LogP contribution in [0.3, 0.4) is 0 Å². The Morgan fingerprint density at radius 2 is 1.94 bits per heavy atom. The number of rotatable bonds is 4. The lowest BCUT2D eigenvalue weighted by Gasteiger charge is -2.55. The summed E-state index contributed by atoms with van der Waals surface area (Å²) in [5.41, 5.74) is 2.13. The van der Waals surface area contributed by atoms with Gasteiger partial charge in [0.2, 0.25) is 10.0 Å². The molecule has 0 saturated carbocycles. The Bertz CT molecular complexity index is 1370. The van der Waals surface area contributed by atoms with E-state index < -0.39 is 33.3 Å². The summed E-state index contributed by atoms with van der Waals surface area (Å²) in [6.07, 6.45) is 1.17. The molecular weight excluding hydrogens is 463 g/mol. The number of ether oxygens (including phenoxy) is 1. The Balaban J connectivity index is 1.58. The van der Waals surface area contributed by atoms with Crippen molar-refractivity contribution in [3.63, 3.8) is 0 Å². The van der Waals surface area contributed by atoms with Gasteiger partial charge in [0.25, 0.3) is 0 Å².